The van der Waals surface area contributed by atoms with E-state index in [9.17, 15) is 19.2 Å². The van der Waals surface area contributed by atoms with Crippen molar-refractivity contribution in [3.05, 3.63) is 28.7 Å². The summed E-state index contributed by atoms with van der Waals surface area (Å²) in [7, 11) is 1.72. The highest BCUT2D eigenvalue weighted by Gasteiger charge is 2.45. The van der Waals surface area contributed by atoms with Crippen LogP contribution in [0.25, 0.3) is 11.0 Å². The third kappa shape index (κ3) is 3.29. The van der Waals surface area contributed by atoms with E-state index in [0.717, 1.165) is 50.2 Å². The van der Waals surface area contributed by atoms with Crippen molar-refractivity contribution in [2.75, 3.05) is 37.6 Å². The summed E-state index contributed by atoms with van der Waals surface area (Å²) in [5.74, 6) is -1.53. The Bertz CT molecular complexity index is 1170. The number of piperidine rings is 2. The summed E-state index contributed by atoms with van der Waals surface area (Å²) in [6, 6.07) is 5.06. The number of amides is 2. The molecule has 2 amide bonds. The second kappa shape index (κ2) is 7.47. The Hall–Kier alpha value is -3.14. The van der Waals surface area contributed by atoms with Gasteiger partial charge in [0.1, 0.15) is 6.04 Å². The van der Waals surface area contributed by atoms with Crippen molar-refractivity contribution in [1.82, 2.24) is 19.4 Å². The van der Waals surface area contributed by atoms with E-state index < -0.39 is 17.9 Å². The highest BCUT2D eigenvalue weighted by molar-refractivity contribution is 6.00. The van der Waals surface area contributed by atoms with E-state index in [1.165, 1.54) is 4.57 Å². The predicted molar refractivity (Wildman–Crippen MR) is 117 cm³/mol. The number of nitrogens with zero attached hydrogens (tertiary/aromatic N) is 4. The van der Waals surface area contributed by atoms with Gasteiger partial charge in [-0.25, -0.2) is 4.79 Å². The van der Waals surface area contributed by atoms with Gasteiger partial charge in [0.25, 0.3) is 0 Å². The number of imide groups is 1. The minimum Gasteiger partial charge on any atom is -0.480 e. The molecule has 1 unspecified atom stereocenters. The van der Waals surface area contributed by atoms with Crippen LogP contribution in [0, 0.1) is 5.41 Å². The number of aryl methyl sites for hydroxylation is 1. The van der Waals surface area contributed by atoms with Crippen LogP contribution >= 0.6 is 0 Å². The highest BCUT2D eigenvalue weighted by Crippen LogP contribution is 2.44. The Balaban J connectivity index is 1.40. The molecule has 10 heteroatoms. The lowest BCUT2D eigenvalue weighted by Gasteiger charge is -2.55. The van der Waals surface area contributed by atoms with Gasteiger partial charge < -0.3 is 10.0 Å². The number of benzene rings is 1. The van der Waals surface area contributed by atoms with Gasteiger partial charge in [-0.15, -0.1) is 0 Å². The quantitative estimate of drug-likeness (QED) is 0.656. The summed E-state index contributed by atoms with van der Waals surface area (Å²) >= 11 is 0. The molecule has 2 aromatic rings. The van der Waals surface area contributed by atoms with Crippen LogP contribution in [0.4, 0.5) is 5.69 Å². The van der Waals surface area contributed by atoms with Crippen LogP contribution in [0.3, 0.4) is 0 Å². The number of carboxylic acid groups (broad SMARTS) is 1. The molecule has 0 saturated carbocycles. The first-order valence-electron chi connectivity index (χ1n) is 11.0. The summed E-state index contributed by atoms with van der Waals surface area (Å²) < 4.78 is 3.11. The highest BCUT2D eigenvalue weighted by atomic mass is 16.4. The number of aromatic nitrogens is 2. The largest absolute Gasteiger partial charge is 0.480 e. The molecule has 170 valence electrons. The van der Waals surface area contributed by atoms with E-state index in [0.29, 0.717) is 11.9 Å². The molecule has 32 heavy (non-hydrogen) atoms. The van der Waals surface area contributed by atoms with Gasteiger partial charge in [-0.2, -0.15) is 0 Å². The van der Waals surface area contributed by atoms with Crippen molar-refractivity contribution in [2.24, 2.45) is 12.5 Å². The molecular formula is C22H27N5O5. The van der Waals surface area contributed by atoms with E-state index in [1.807, 2.05) is 23.1 Å². The molecule has 0 aliphatic carbocycles. The number of likely N-dealkylation sites (tertiary alicyclic amines) is 1. The Morgan fingerprint density at radius 1 is 1.19 bits per heavy atom. The standard InChI is InChI=1S/C22H27N5O5/c1-24-19-14(26-12-22(13-26)7-9-25(10-8-22)11-18(29)30)3-2-4-15(19)27(21(24)32)16-5-6-17(28)23-20(16)31/h2-4,16H,5-13H2,1H3,(H,29,30)(H,23,28,31). The number of imidazole rings is 1. The van der Waals surface area contributed by atoms with Crippen molar-refractivity contribution in [1.29, 1.82) is 0 Å². The van der Waals surface area contributed by atoms with Gasteiger partial charge in [0.05, 0.1) is 23.3 Å². The zero-order valence-corrected chi connectivity index (χ0v) is 18.0. The molecule has 3 saturated heterocycles. The number of hydrogen-bond acceptors (Lipinski definition) is 6. The maximum absolute atomic E-state index is 13.1. The lowest BCUT2D eigenvalue weighted by Crippen LogP contribution is -2.60. The number of carbonyl (C=O) groups is 3. The number of nitrogens with one attached hydrogen (secondary N) is 1. The lowest BCUT2D eigenvalue weighted by atomic mass is 9.71. The maximum Gasteiger partial charge on any atom is 0.329 e. The first kappa shape index (κ1) is 20.7. The van der Waals surface area contributed by atoms with Gasteiger partial charge in [-0.1, -0.05) is 6.07 Å². The zero-order valence-electron chi connectivity index (χ0n) is 18.0. The average Bonchev–Trinajstić information content (AvgIpc) is 2.98. The van der Waals surface area contributed by atoms with Crippen LogP contribution in [0.2, 0.25) is 0 Å². The minimum atomic E-state index is -0.788. The monoisotopic (exact) mass is 441 g/mol. The fourth-order valence-electron chi connectivity index (χ4n) is 5.53. The van der Waals surface area contributed by atoms with Crippen LogP contribution in [-0.2, 0) is 21.4 Å². The normalized spacial score (nSPS) is 23.4. The molecular weight excluding hydrogens is 414 g/mol. The maximum atomic E-state index is 13.1. The van der Waals surface area contributed by atoms with Gasteiger partial charge >= 0.3 is 11.7 Å². The van der Waals surface area contributed by atoms with Crippen LogP contribution in [0.5, 0.6) is 0 Å². The molecule has 3 fully saturated rings. The number of hydrogen-bond donors (Lipinski definition) is 2. The van der Waals surface area contributed by atoms with Gasteiger partial charge in [0.2, 0.25) is 11.8 Å². The summed E-state index contributed by atoms with van der Waals surface area (Å²) in [6.07, 6.45) is 2.45. The molecule has 0 radical (unpaired) electrons. The van der Waals surface area contributed by atoms with Crippen LogP contribution in [-0.4, -0.2) is 69.6 Å². The fraction of sp³-hybridized carbons (Fsp3) is 0.545. The average molecular weight is 441 g/mol. The second-order valence-electron chi connectivity index (χ2n) is 9.35. The van der Waals surface area contributed by atoms with Gasteiger partial charge in [0, 0.05) is 32.0 Å². The summed E-state index contributed by atoms with van der Waals surface area (Å²) in [6.45, 7) is 3.40. The van der Waals surface area contributed by atoms with E-state index in [2.05, 4.69) is 10.2 Å². The topological polar surface area (TPSA) is 117 Å². The van der Waals surface area contributed by atoms with Gasteiger partial charge in [0.15, 0.2) is 0 Å². The number of rotatable bonds is 4. The molecule has 10 nitrogen and oxygen atoms in total. The number of fused-ring (bicyclic) bond motifs is 1. The number of anilines is 1. The molecule has 1 spiro atoms. The lowest BCUT2D eigenvalue weighted by molar-refractivity contribution is -0.139. The molecule has 1 aromatic carbocycles. The smallest absolute Gasteiger partial charge is 0.329 e. The third-order valence-electron chi connectivity index (χ3n) is 7.27. The van der Waals surface area contributed by atoms with Crippen LogP contribution < -0.4 is 15.9 Å². The Morgan fingerprint density at radius 3 is 2.56 bits per heavy atom. The van der Waals surface area contributed by atoms with E-state index in [-0.39, 0.29) is 30.0 Å². The minimum absolute atomic E-state index is 0.0923. The Kier molecular flexibility index (Phi) is 4.85. The SMILES string of the molecule is Cn1c(=O)n(C2CCC(=O)NC2=O)c2cccc(N3CC4(CCN(CC(=O)O)CC4)C3)c21. The third-order valence-corrected chi connectivity index (χ3v) is 7.27. The molecule has 0 bridgehead atoms. The molecule has 3 aliphatic rings. The Labute approximate surface area is 184 Å². The summed E-state index contributed by atoms with van der Waals surface area (Å²) in [5, 5.41) is 11.4. The predicted octanol–water partition coefficient (Wildman–Crippen LogP) is 0.305. The fourth-order valence-corrected chi connectivity index (χ4v) is 5.53. The number of carbonyl (C=O) groups excluding carboxylic acids is 2. The number of carboxylic acids is 1. The van der Waals surface area contributed by atoms with E-state index in [4.69, 9.17) is 5.11 Å². The number of para-hydroxylation sites is 1. The number of aliphatic carboxylic acids is 1. The molecule has 3 aliphatic heterocycles. The first-order chi connectivity index (χ1) is 15.3. The van der Waals surface area contributed by atoms with Crippen molar-refractivity contribution in [3.8, 4) is 0 Å². The van der Waals surface area contributed by atoms with Gasteiger partial charge in [-0.05, 0) is 44.5 Å². The second-order valence-corrected chi connectivity index (χ2v) is 9.35. The first-order valence-corrected chi connectivity index (χ1v) is 11.0. The van der Waals surface area contributed by atoms with E-state index in [1.54, 1.807) is 11.6 Å². The molecule has 5 rings (SSSR count). The summed E-state index contributed by atoms with van der Waals surface area (Å²) in [4.78, 5) is 52.3. The van der Waals surface area contributed by atoms with Crippen molar-refractivity contribution >= 4 is 34.5 Å². The van der Waals surface area contributed by atoms with Crippen LogP contribution in [0.15, 0.2) is 23.0 Å². The van der Waals surface area contributed by atoms with Crippen LogP contribution in [0.1, 0.15) is 31.7 Å². The molecule has 2 N–H and O–H groups in total. The van der Waals surface area contributed by atoms with Gasteiger partial charge in [-0.3, -0.25) is 33.7 Å². The molecule has 1 atom stereocenters. The zero-order chi connectivity index (χ0) is 22.6. The van der Waals surface area contributed by atoms with Crippen molar-refractivity contribution in [2.45, 2.75) is 31.7 Å². The summed E-state index contributed by atoms with van der Waals surface area (Å²) in [5.41, 5.74) is 2.37. The molecule has 1 aromatic heterocycles. The van der Waals surface area contributed by atoms with Crippen molar-refractivity contribution in [3.63, 3.8) is 0 Å². The van der Waals surface area contributed by atoms with Crippen molar-refractivity contribution < 1.29 is 19.5 Å². The molecule has 4 heterocycles. The Morgan fingerprint density at radius 2 is 1.91 bits per heavy atom. The van der Waals surface area contributed by atoms with E-state index >= 15 is 0 Å².